The highest BCUT2D eigenvalue weighted by molar-refractivity contribution is 8.00. The number of ether oxygens (including phenoxy) is 1. The van der Waals surface area contributed by atoms with Gasteiger partial charge in [0, 0.05) is 11.0 Å². The van der Waals surface area contributed by atoms with E-state index in [1.165, 1.54) is 11.8 Å². The normalized spacial score (nSPS) is 18.6. The Morgan fingerprint density at radius 2 is 2.12 bits per heavy atom. The topological polar surface area (TPSA) is 90.3 Å². The Bertz CT molecular complexity index is 891. The van der Waals surface area contributed by atoms with E-state index < -0.39 is 9.84 Å². The number of aromatic nitrogens is 2. The van der Waals surface area contributed by atoms with Gasteiger partial charge in [-0.05, 0) is 37.6 Å². The molecule has 1 fully saturated rings. The van der Waals surface area contributed by atoms with Crippen LogP contribution in [0.2, 0.25) is 0 Å². The molecule has 1 N–H and O–H groups in total. The van der Waals surface area contributed by atoms with E-state index in [0.29, 0.717) is 12.2 Å². The van der Waals surface area contributed by atoms with Gasteiger partial charge in [-0.2, -0.15) is 5.10 Å². The summed E-state index contributed by atoms with van der Waals surface area (Å²) in [6, 6.07) is 9.03. The number of rotatable bonds is 6. The summed E-state index contributed by atoms with van der Waals surface area (Å²) in [6.45, 7) is 1.82. The third-order valence-corrected chi connectivity index (χ3v) is 6.87. The first kappa shape index (κ1) is 18.8. The maximum absolute atomic E-state index is 12.3. The van der Waals surface area contributed by atoms with E-state index in [4.69, 9.17) is 4.74 Å². The van der Waals surface area contributed by atoms with E-state index in [2.05, 4.69) is 10.4 Å². The molecule has 3 rings (SSSR count). The molecule has 2 aromatic rings. The first-order valence-corrected chi connectivity index (χ1v) is 11.0. The first-order valence-electron chi connectivity index (χ1n) is 8.19. The summed E-state index contributed by atoms with van der Waals surface area (Å²) in [6.07, 6.45) is 0.521. The fourth-order valence-corrected chi connectivity index (χ4v) is 5.25. The minimum atomic E-state index is -3.02. The Morgan fingerprint density at radius 1 is 1.38 bits per heavy atom. The number of thioether (sulfide) groups is 1. The molecule has 1 aromatic heterocycles. The second kappa shape index (κ2) is 7.71. The van der Waals surface area contributed by atoms with Crippen molar-refractivity contribution in [1.29, 1.82) is 0 Å². The van der Waals surface area contributed by atoms with Crippen LogP contribution in [-0.4, -0.2) is 48.5 Å². The molecule has 1 saturated heterocycles. The zero-order valence-corrected chi connectivity index (χ0v) is 16.3. The van der Waals surface area contributed by atoms with Crippen molar-refractivity contribution in [2.75, 3.05) is 29.7 Å². The molecule has 7 nitrogen and oxygen atoms in total. The van der Waals surface area contributed by atoms with Gasteiger partial charge in [0.25, 0.3) is 0 Å². The quantitative estimate of drug-likeness (QED) is 0.755. The zero-order chi connectivity index (χ0) is 18.7. The van der Waals surface area contributed by atoms with E-state index >= 15 is 0 Å². The molecular weight excluding hydrogens is 374 g/mol. The number of methoxy groups -OCH3 is 1. The molecule has 9 heteroatoms. The van der Waals surface area contributed by atoms with Crippen LogP contribution in [0.1, 0.15) is 18.2 Å². The predicted molar refractivity (Wildman–Crippen MR) is 102 cm³/mol. The van der Waals surface area contributed by atoms with Crippen LogP contribution in [0.25, 0.3) is 0 Å². The molecule has 0 aliphatic carbocycles. The second-order valence-corrected chi connectivity index (χ2v) is 9.46. The largest absolute Gasteiger partial charge is 0.497 e. The van der Waals surface area contributed by atoms with Crippen molar-refractivity contribution in [3.8, 4) is 5.75 Å². The molecule has 1 aliphatic heterocycles. The lowest BCUT2D eigenvalue weighted by Gasteiger charge is -2.13. The van der Waals surface area contributed by atoms with Crippen LogP contribution in [0, 0.1) is 6.92 Å². The molecule has 1 aliphatic rings. The Kier molecular flexibility index (Phi) is 5.57. The molecule has 0 radical (unpaired) electrons. The van der Waals surface area contributed by atoms with E-state index in [0.717, 1.165) is 16.3 Å². The summed E-state index contributed by atoms with van der Waals surface area (Å²) in [7, 11) is -1.41. The van der Waals surface area contributed by atoms with Crippen LogP contribution < -0.4 is 10.1 Å². The summed E-state index contributed by atoms with van der Waals surface area (Å²) in [4.78, 5) is 13.3. The van der Waals surface area contributed by atoms with E-state index in [1.807, 2.05) is 31.2 Å². The van der Waals surface area contributed by atoms with E-state index in [9.17, 15) is 13.2 Å². The molecule has 2 heterocycles. The minimum Gasteiger partial charge on any atom is -0.497 e. The highest BCUT2D eigenvalue weighted by Gasteiger charge is 2.31. The number of nitrogens with zero attached hydrogens (tertiary/aromatic N) is 2. The number of hydrogen-bond acceptors (Lipinski definition) is 6. The van der Waals surface area contributed by atoms with Crippen LogP contribution in [0.4, 0.5) is 5.82 Å². The molecule has 26 heavy (non-hydrogen) atoms. The van der Waals surface area contributed by atoms with Gasteiger partial charge >= 0.3 is 0 Å². The highest BCUT2D eigenvalue weighted by Crippen LogP contribution is 2.27. The van der Waals surface area contributed by atoms with E-state index in [-0.39, 0.29) is 29.2 Å². The molecule has 1 unspecified atom stereocenters. The molecule has 140 valence electrons. The van der Waals surface area contributed by atoms with Gasteiger partial charge in [-0.1, -0.05) is 0 Å². The van der Waals surface area contributed by atoms with E-state index in [1.54, 1.807) is 17.9 Å². The SMILES string of the molecule is COc1ccc(SCC(=O)Nc2cc(C)nn2C2CCS(=O)(=O)C2)cc1. The summed E-state index contributed by atoms with van der Waals surface area (Å²) >= 11 is 1.42. The van der Waals surface area contributed by atoms with Crippen molar-refractivity contribution in [3.63, 3.8) is 0 Å². The van der Waals surface area contributed by atoms with Crippen molar-refractivity contribution in [1.82, 2.24) is 9.78 Å². The van der Waals surface area contributed by atoms with Crippen molar-refractivity contribution >= 4 is 33.3 Å². The number of benzene rings is 1. The Morgan fingerprint density at radius 3 is 2.73 bits per heavy atom. The van der Waals surface area contributed by atoms with Gasteiger partial charge in [0.1, 0.15) is 11.6 Å². The van der Waals surface area contributed by atoms with Gasteiger partial charge in [0.15, 0.2) is 9.84 Å². The minimum absolute atomic E-state index is 0.0671. The van der Waals surface area contributed by atoms with Gasteiger partial charge in [0.2, 0.25) is 5.91 Å². The number of hydrogen-bond donors (Lipinski definition) is 1. The van der Waals surface area contributed by atoms with Crippen LogP contribution >= 0.6 is 11.8 Å². The van der Waals surface area contributed by atoms with Crippen LogP contribution in [0.3, 0.4) is 0 Å². The number of nitrogens with one attached hydrogen (secondary N) is 1. The summed E-state index contributed by atoms with van der Waals surface area (Å²) < 4.78 is 30.2. The standard InChI is InChI=1S/C17H21N3O4S2/c1-12-9-16(20(19-12)13-7-8-26(22,23)11-13)18-17(21)10-25-15-5-3-14(24-2)4-6-15/h3-6,9,13H,7-8,10-11H2,1-2H3,(H,18,21). The zero-order valence-electron chi connectivity index (χ0n) is 14.6. The number of anilines is 1. The smallest absolute Gasteiger partial charge is 0.235 e. The average molecular weight is 396 g/mol. The van der Waals surface area contributed by atoms with Crippen molar-refractivity contribution < 1.29 is 17.9 Å². The molecule has 1 atom stereocenters. The Hall–Kier alpha value is -2.00. The lowest BCUT2D eigenvalue weighted by atomic mass is 10.3. The van der Waals surface area contributed by atoms with Gasteiger partial charge in [-0.15, -0.1) is 11.8 Å². The summed E-state index contributed by atoms with van der Waals surface area (Å²) in [5.41, 5.74) is 0.743. The average Bonchev–Trinajstić information content (AvgIpc) is 3.15. The van der Waals surface area contributed by atoms with Gasteiger partial charge in [-0.25, -0.2) is 13.1 Å². The lowest BCUT2D eigenvalue weighted by molar-refractivity contribution is -0.113. The van der Waals surface area contributed by atoms with Crippen molar-refractivity contribution in [2.24, 2.45) is 0 Å². The number of carbonyl (C=O) groups is 1. The first-order chi connectivity index (χ1) is 12.4. The van der Waals surface area contributed by atoms with Crippen LogP contribution in [0.15, 0.2) is 35.2 Å². The Labute approximate surface area is 157 Å². The molecule has 0 bridgehead atoms. The van der Waals surface area contributed by atoms with Crippen LogP contribution in [-0.2, 0) is 14.6 Å². The number of amides is 1. The molecule has 0 saturated carbocycles. The summed E-state index contributed by atoms with van der Waals surface area (Å²) in [5.74, 6) is 1.64. The monoisotopic (exact) mass is 395 g/mol. The number of sulfone groups is 1. The maximum Gasteiger partial charge on any atom is 0.235 e. The predicted octanol–water partition coefficient (Wildman–Crippen LogP) is 2.29. The third-order valence-electron chi connectivity index (χ3n) is 4.11. The molecule has 0 spiro atoms. The van der Waals surface area contributed by atoms with Crippen molar-refractivity contribution in [3.05, 3.63) is 36.0 Å². The highest BCUT2D eigenvalue weighted by atomic mass is 32.2. The molecule has 1 aromatic carbocycles. The number of carbonyl (C=O) groups excluding carboxylic acids is 1. The van der Waals surface area contributed by atoms with Gasteiger partial charge in [-0.3, -0.25) is 4.79 Å². The maximum atomic E-state index is 12.3. The third kappa shape index (κ3) is 4.59. The molecule has 1 amide bonds. The fraction of sp³-hybridized carbons (Fsp3) is 0.412. The number of aryl methyl sites for hydroxylation is 1. The van der Waals surface area contributed by atoms with Gasteiger partial charge < -0.3 is 10.1 Å². The fourth-order valence-electron chi connectivity index (χ4n) is 2.86. The van der Waals surface area contributed by atoms with Gasteiger partial charge in [0.05, 0.1) is 36.1 Å². The second-order valence-electron chi connectivity index (χ2n) is 6.18. The van der Waals surface area contributed by atoms with Crippen molar-refractivity contribution in [2.45, 2.75) is 24.3 Å². The lowest BCUT2D eigenvalue weighted by Crippen LogP contribution is -2.20. The van der Waals surface area contributed by atoms with Crippen LogP contribution in [0.5, 0.6) is 5.75 Å². The molecular formula is C17H21N3O4S2. The summed E-state index contributed by atoms with van der Waals surface area (Å²) in [5, 5.41) is 7.22. The Balaban J connectivity index is 1.62.